The number of aliphatic hydroxyl groups is 2. The van der Waals surface area contributed by atoms with E-state index in [1.54, 1.807) is 99.1 Å². The van der Waals surface area contributed by atoms with E-state index >= 15 is 0 Å². The van der Waals surface area contributed by atoms with E-state index in [0.717, 1.165) is 45.3 Å². The maximum absolute atomic E-state index is 14.2. The van der Waals surface area contributed by atoms with Crippen LogP contribution in [0.15, 0.2) is 144 Å². The minimum absolute atomic E-state index is 0.0433. The van der Waals surface area contributed by atoms with E-state index in [0.29, 0.717) is 110 Å². The molecule has 4 aliphatic heterocycles. The third kappa shape index (κ3) is 13.7. The summed E-state index contributed by atoms with van der Waals surface area (Å²) in [5, 5.41) is 22.4. The molecule has 26 heteroatoms. The van der Waals surface area contributed by atoms with Gasteiger partial charge in [0.2, 0.25) is 10.3 Å². The summed E-state index contributed by atoms with van der Waals surface area (Å²) >= 11 is 1.96. The van der Waals surface area contributed by atoms with Crippen LogP contribution in [0, 0.1) is 11.6 Å². The maximum Gasteiger partial charge on any atom is 0.266 e. The Balaban J connectivity index is 0.000000185. The number of fused-ring (bicyclic) bond motifs is 2. The second kappa shape index (κ2) is 26.7. The third-order valence-corrected chi connectivity index (χ3v) is 22.2. The predicted octanol–water partition coefficient (Wildman–Crippen LogP) is 11.0. The van der Waals surface area contributed by atoms with Crippen molar-refractivity contribution >= 4 is 53.4 Å². The van der Waals surface area contributed by atoms with Crippen LogP contribution in [0.5, 0.6) is 34.5 Å². The highest BCUT2D eigenvalue weighted by molar-refractivity contribution is 7.93. The molecule has 0 bridgehead atoms. The van der Waals surface area contributed by atoms with Crippen LogP contribution in [0.3, 0.4) is 0 Å². The molecule has 2 saturated heterocycles. The number of rotatable bonds is 18. The zero-order valence-electron chi connectivity index (χ0n) is 50.4. The van der Waals surface area contributed by atoms with Crippen LogP contribution in [-0.4, -0.2) is 122 Å². The molecule has 4 aliphatic rings. The van der Waals surface area contributed by atoms with E-state index < -0.39 is 31.2 Å². The summed E-state index contributed by atoms with van der Waals surface area (Å²) < 4.78 is 129. The second-order valence-corrected chi connectivity index (χ2v) is 28.3. The van der Waals surface area contributed by atoms with Gasteiger partial charge in [-0.25, -0.2) is 44.2 Å². The molecule has 6 aromatic carbocycles. The van der Waals surface area contributed by atoms with Crippen molar-refractivity contribution in [1.29, 1.82) is 0 Å². The van der Waals surface area contributed by atoms with Gasteiger partial charge in [-0.2, -0.15) is 8.75 Å². The second-order valence-electron chi connectivity index (χ2n) is 23.0. The number of piperidine rings is 2. The monoisotopic (exact) mass is 1310 g/mol. The number of anilines is 2. The average molecular weight is 1310 g/mol. The SMILES string of the molecule is COc1ccc(CN(c2ncns2)S(=O)(=O)c2ccc3c(c2)OCC[C@@H]3N2CC[C@](C)(O)C[C@H]2c2ccc(F)cc2)c(OC)c1.COc1ccc(CN(c2ncns2)S(=O)(=O)c2ccc3c(c2)OCC[C@H]3N2CC[C@](C)(O)C[C@H]2c2ccc(F)cc2)c(OC)c1. The number of methoxy groups -OCH3 is 4. The Bertz CT molecular complexity index is 3760. The summed E-state index contributed by atoms with van der Waals surface area (Å²) in [7, 11) is -2.11. The summed E-state index contributed by atoms with van der Waals surface area (Å²) in [6.07, 6.45) is 6.15. The number of sulfonamides is 2. The summed E-state index contributed by atoms with van der Waals surface area (Å²) in [5.41, 5.74) is 3.11. The number of hydrogen-bond donors (Lipinski definition) is 2. The zero-order chi connectivity index (χ0) is 63.5. The van der Waals surface area contributed by atoms with Gasteiger partial charge in [0.05, 0.1) is 75.7 Å². The fourth-order valence-corrected chi connectivity index (χ4v) is 16.7. The fourth-order valence-electron chi connectivity index (χ4n) is 12.4. The molecular weight excluding hydrogens is 1240 g/mol. The fraction of sp³-hybridized carbons (Fsp3) is 0.375. The van der Waals surface area contributed by atoms with E-state index in [9.17, 15) is 35.8 Å². The lowest BCUT2D eigenvalue weighted by Crippen LogP contribution is -2.47. The molecule has 0 aliphatic carbocycles. The van der Waals surface area contributed by atoms with Crippen LogP contribution in [0.25, 0.3) is 0 Å². The Hall–Kier alpha value is -7.56. The Labute approximate surface area is 530 Å². The molecule has 6 atom stereocenters. The van der Waals surface area contributed by atoms with Crippen molar-refractivity contribution in [2.45, 2.75) is 111 Å². The highest BCUT2D eigenvalue weighted by Crippen LogP contribution is 2.49. The van der Waals surface area contributed by atoms with Crippen LogP contribution in [0.2, 0.25) is 0 Å². The molecule has 0 spiro atoms. The molecule has 476 valence electrons. The van der Waals surface area contributed by atoms with Crippen LogP contribution in [-0.2, 0) is 33.1 Å². The third-order valence-electron chi connectivity index (χ3n) is 17.1. The molecule has 8 aromatic rings. The lowest BCUT2D eigenvalue weighted by atomic mass is 9.82. The molecule has 2 aromatic heterocycles. The zero-order valence-corrected chi connectivity index (χ0v) is 53.7. The summed E-state index contributed by atoms with van der Waals surface area (Å²) in [4.78, 5) is 13.2. The van der Waals surface area contributed by atoms with Gasteiger partial charge < -0.3 is 38.6 Å². The summed E-state index contributed by atoms with van der Waals surface area (Å²) in [5.74, 6) is 2.47. The lowest BCUT2D eigenvalue weighted by molar-refractivity contribution is -0.0544. The van der Waals surface area contributed by atoms with Gasteiger partial charge in [0.1, 0.15) is 58.8 Å². The molecule has 12 rings (SSSR count). The first-order chi connectivity index (χ1) is 43.2. The van der Waals surface area contributed by atoms with E-state index in [4.69, 9.17) is 28.4 Å². The minimum Gasteiger partial charge on any atom is -0.497 e. The first-order valence-corrected chi connectivity index (χ1v) is 33.6. The molecule has 0 unspecified atom stereocenters. The van der Waals surface area contributed by atoms with Gasteiger partial charge in [0.25, 0.3) is 20.0 Å². The van der Waals surface area contributed by atoms with Gasteiger partial charge >= 0.3 is 0 Å². The highest BCUT2D eigenvalue weighted by Gasteiger charge is 2.44. The Morgan fingerprint density at radius 1 is 0.556 bits per heavy atom. The van der Waals surface area contributed by atoms with E-state index in [1.165, 1.54) is 59.8 Å². The quantitative estimate of drug-likeness (QED) is 0.0814. The Kier molecular flexibility index (Phi) is 19.0. The normalized spacial score (nSPS) is 21.9. The van der Waals surface area contributed by atoms with Crippen molar-refractivity contribution in [3.8, 4) is 34.5 Å². The van der Waals surface area contributed by atoms with E-state index in [2.05, 4.69) is 28.5 Å². The lowest BCUT2D eigenvalue weighted by Gasteiger charge is -2.47. The minimum atomic E-state index is -4.12. The number of nitrogens with zero attached hydrogens (tertiary/aromatic N) is 8. The van der Waals surface area contributed by atoms with Crippen LogP contribution in [0.1, 0.15) is 110 Å². The van der Waals surface area contributed by atoms with Crippen LogP contribution < -0.4 is 37.0 Å². The van der Waals surface area contributed by atoms with E-state index in [-0.39, 0.29) is 68.9 Å². The van der Waals surface area contributed by atoms with Crippen molar-refractivity contribution in [3.05, 3.63) is 179 Å². The van der Waals surface area contributed by atoms with E-state index in [1.807, 2.05) is 26.0 Å². The first-order valence-electron chi connectivity index (χ1n) is 29.2. The molecule has 2 N–H and O–H groups in total. The Morgan fingerprint density at radius 2 is 0.956 bits per heavy atom. The summed E-state index contributed by atoms with van der Waals surface area (Å²) in [6.45, 7) is 5.61. The van der Waals surface area contributed by atoms with Crippen LogP contribution >= 0.6 is 23.1 Å². The van der Waals surface area contributed by atoms with Gasteiger partial charge in [-0.3, -0.25) is 9.80 Å². The molecule has 0 saturated carbocycles. The van der Waals surface area contributed by atoms with Crippen molar-refractivity contribution < 1.29 is 64.3 Å². The van der Waals surface area contributed by atoms with Gasteiger partial charge in [0.15, 0.2) is 0 Å². The molecule has 2 fully saturated rings. The average Bonchev–Trinajstić information content (AvgIpc) is 1.23. The summed E-state index contributed by atoms with van der Waals surface area (Å²) in [6, 6.07) is 32.7. The standard InChI is InChI=1S/2C32H35FN4O6S2/c2*1-32(38)13-14-36(28(18-32)21-4-7-23(33)8-5-21)27-12-15-43-30-17-25(10-11-26(27)30)45(39,40)37(31-34-20-35-44-31)19-22-6-9-24(41-2)16-29(22)42-3/h2*4-11,16-17,20,27-28,38H,12-15,18-19H2,1-3H3/t27-,28+,32+;27-,28-,32-/m10/s1. The molecular formula is C64H70F2N8O12S4. The topological polar surface area (TPSA) is 229 Å². The highest BCUT2D eigenvalue weighted by atomic mass is 32.2. The number of hydrogen-bond acceptors (Lipinski definition) is 20. The van der Waals surface area contributed by atoms with Gasteiger partial charge in [-0.15, -0.1) is 0 Å². The van der Waals surface area contributed by atoms with Crippen LogP contribution in [0.4, 0.5) is 19.0 Å². The molecule has 0 amide bonds. The molecule has 0 radical (unpaired) electrons. The van der Waals surface area contributed by atoms with Crippen molar-refractivity contribution in [1.82, 2.24) is 28.5 Å². The largest absolute Gasteiger partial charge is 0.497 e. The molecule has 6 heterocycles. The molecule has 20 nitrogen and oxygen atoms in total. The molecule has 90 heavy (non-hydrogen) atoms. The predicted molar refractivity (Wildman–Crippen MR) is 336 cm³/mol. The Morgan fingerprint density at radius 3 is 1.31 bits per heavy atom. The maximum atomic E-state index is 14.2. The first kappa shape index (κ1) is 64.0. The smallest absolute Gasteiger partial charge is 0.266 e. The van der Waals surface area contributed by atoms with Crippen molar-refractivity contribution in [2.24, 2.45) is 0 Å². The number of aromatic nitrogens is 4. The number of benzene rings is 6. The van der Waals surface area contributed by atoms with Gasteiger partial charge in [0, 0.05) is 120 Å². The van der Waals surface area contributed by atoms with Gasteiger partial charge in [-0.1, -0.05) is 36.4 Å². The van der Waals surface area contributed by atoms with Crippen molar-refractivity contribution in [3.63, 3.8) is 0 Å². The number of ether oxygens (including phenoxy) is 6. The number of likely N-dealkylation sites (tertiary alicyclic amines) is 2. The van der Waals surface area contributed by atoms with Gasteiger partial charge in [-0.05, 0) is 111 Å². The number of halogens is 2. The van der Waals surface area contributed by atoms with Crippen molar-refractivity contribution in [2.75, 3.05) is 63.4 Å².